The quantitative estimate of drug-likeness (QED) is 0.621. The largest absolute Gasteiger partial charge is 0.493 e. The van der Waals surface area contributed by atoms with E-state index in [1.807, 2.05) is 30.3 Å². The molecule has 0 saturated heterocycles. The topological polar surface area (TPSA) is 90.4 Å². The highest BCUT2D eigenvalue weighted by molar-refractivity contribution is 9.10. The molecule has 3 rings (SSSR count). The third-order valence-corrected chi connectivity index (χ3v) is 4.80. The molecule has 142 valence electrons. The van der Waals surface area contributed by atoms with E-state index in [9.17, 15) is 5.26 Å². The molecule has 0 aliphatic carbocycles. The Morgan fingerprint density at radius 1 is 0.929 bits per heavy atom. The molecule has 0 saturated carbocycles. The van der Waals surface area contributed by atoms with Gasteiger partial charge >= 0.3 is 0 Å². The van der Waals surface area contributed by atoms with Crippen molar-refractivity contribution in [3.63, 3.8) is 0 Å². The van der Waals surface area contributed by atoms with Gasteiger partial charge < -0.3 is 19.9 Å². The van der Waals surface area contributed by atoms with E-state index >= 15 is 0 Å². The summed E-state index contributed by atoms with van der Waals surface area (Å²) in [6.07, 6.45) is 0. The fraction of sp³-hybridized carbons (Fsp3) is 0.143. The van der Waals surface area contributed by atoms with Crippen molar-refractivity contribution in [1.82, 2.24) is 4.98 Å². The Bertz CT molecular complexity index is 1030. The molecule has 3 aromatic rings. The minimum atomic E-state index is 0.159. The first-order valence-corrected chi connectivity index (χ1v) is 9.08. The number of nitrogens with two attached hydrogens (primary N) is 1. The lowest BCUT2D eigenvalue weighted by Gasteiger charge is -2.16. The summed E-state index contributed by atoms with van der Waals surface area (Å²) in [6, 6.07) is 15.2. The Kier molecular flexibility index (Phi) is 5.71. The van der Waals surface area contributed by atoms with Crippen LogP contribution in [0.1, 0.15) is 5.56 Å². The predicted molar refractivity (Wildman–Crippen MR) is 112 cm³/mol. The number of hydrogen-bond acceptors (Lipinski definition) is 6. The van der Waals surface area contributed by atoms with Crippen molar-refractivity contribution >= 4 is 21.7 Å². The number of hydrogen-bond donors (Lipinski definition) is 1. The molecule has 0 aliphatic heterocycles. The van der Waals surface area contributed by atoms with Crippen LogP contribution >= 0.6 is 15.9 Å². The van der Waals surface area contributed by atoms with Crippen LogP contribution in [0.4, 0.5) is 5.82 Å². The maximum atomic E-state index is 9.65. The average molecular weight is 440 g/mol. The Morgan fingerprint density at radius 2 is 1.54 bits per heavy atom. The SMILES string of the molecule is COc1cc(-c2cc(-c3ccc(Br)cc3)nc(N)c2C#N)cc(OC)c1OC. The number of nitrogen functional groups attached to an aromatic ring is 1. The lowest BCUT2D eigenvalue weighted by Crippen LogP contribution is -2.01. The van der Waals surface area contributed by atoms with Gasteiger partial charge in [0.25, 0.3) is 0 Å². The van der Waals surface area contributed by atoms with E-state index in [2.05, 4.69) is 27.0 Å². The van der Waals surface area contributed by atoms with E-state index < -0.39 is 0 Å². The Hall–Kier alpha value is -3.24. The fourth-order valence-electron chi connectivity index (χ4n) is 2.92. The van der Waals surface area contributed by atoms with Gasteiger partial charge in [0, 0.05) is 15.6 Å². The van der Waals surface area contributed by atoms with Crippen molar-refractivity contribution in [2.24, 2.45) is 0 Å². The van der Waals surface area contributed by atoms with Crippen LogP contribution in [0.25, 0.3) is 22.4 Å². The van der Waals surface area contributed by atoms with Crippen LogP contribution in [0, 0.1) is 11.3 Å². The molecule has 0 radical (unpaired) electrons. The second kappa shape index (κ2) is 8.19. The highest BCUT2D eigenvalue weighted by Crippen LogP contribution is 2.42. The van der Waals surface area contributed by atoms with E-state index in [4.69, 9.17) is 19.9 Å². The van der Waals surface area contributed by atoms with Gasteiger partial charge in [-0.2, -0.15) is 5.26 Å². The molecule has 0 unspecified atom stereocenters. The molecule has 1 aromatic heterocycles. The first kappa shape index (κ1) is 19.5. The average Bonchev–Trinajstić information content (AvgIpc) is 2.72. The van der Waals surface area contributed by atoms with Crippen LogP contribution in [0.2, 0.25) is 0 Å². The number of halogens is 1. The normalized spacial score (nSPS) is 10.2. The number of aromatic nitrogens is 1. The predicted octanol–water partition coefficient (Wildman–Crippen LogP) is 4.66. The summed E-state index contributed by atoms with van der Waals surface area (Å²) in [7, 11) is 4.62. The summed E-state index contributed by atoms with van der Waals surface area (Å²) in [5, 5.41) is 9.65. The molecule has 1 heterocycles. The summed E-state index contributed by atoms with van der Waals surface area (Å²) >= 11 is 3.42. The summed E-state index contributed by atoms with van der Waals surface area (Å²) < 4.78 is 17.2. The van der Waals surface area contributed by atoms with Crippen LogP contribution in [0.15, 0.2) is 46.9 Å². The zero-order valence-corrected chi connectivity index (χ0v) is 17.2. The zero-order chi connectivity index (χ0) is 20.3. The van der Waals surface area contributed by atoms with E-state index in [1.165, 1.54) is 7.11 Å². The van der Waals surface area contributed by atoms with Gasteiger partial charge in [0.2, 0.25) is 5.75 Å². The van der Waals surface area contributed by atoms with Crippen molar-refractivity contribution in [3.05, 3.63) is 52.5 Å². The van der Waals surface area contributed by atoms with Crippen molar-refractivity contribution in [2.45, 2.75) is 0 Å². The van der Waals surface area contributed by atoms with Crippen molar-refractivity contribution in [2.75, 3.05) is 27.1 Å². The maximum absolute atomic E-state index is 9.65. The van der Waals surface area contributed by atoms with Crippen molar-refractivity contribution in [3.8, 4) is 45.7 Å². The summed E-state index contributed by atoms with van der Waals surface area (Å²) in [4.78, 5) is 4.40. The molecule has 7 heteroatoms. The fourth-order valence-corrected chi connectivity index (χ4v) is 3.18. The summed E-state index contributed by atoms with van der Waals surface area (Å²) in [5.74, 6) is 1.61. The van der Waals surface area contributed by atoms with Crippen LogP contribution in [-0.2, 0) is 0 Å². The van der Waals surface area contributed by atoms with E-state index in [0.717, 1.165) is 10.0 Å². The second-order valence-electron chi connectivity index (χ2n) is 5.85. The lowest BCUT2D eigenvalue weighted by molar-refractivity contribution is 0.324. The van der Waals surface area contributed by atoms with Crippen LogP contribution in [0.3, 0.4) is 0 Å². The number of benzene rings is 2. The Balaban J connectivity index is 2.26. The van der Waals surface area contributed by atoms with Crippen LogP contribution in [0.5, 0.6) is 17.2 Å². The summed E-state index contributed by atoms with van der Waals surface area (Å²) in [6.45, 7) is 0. The molecule has 0 fully saturated rings. The number of nitrogens with zero attached hydrogens (tertiary/aromatic N) is 2. The zero-order valence-electron chi connectivity index (χ0n) is 15.6. The second-order valence-corrected chi connectivity index (χ2v) is 6.76. The molecule has 28 heavy (non-hydrogen) atoms. The van der Waals surface area contributed by atoms with Gasteiger partial charge in [-0.25, -0.2) is 4.98 Å². The number of pyridine rings is 1. The van der Waals surface area contributed by atoms with E-state index in [0.29, 0.717) is 34.1 Å². The van der Waals surface area contributed by atoms with Gasteiger partial charge in [0.15, 0.2) is 11.5 Å². The van der Waals surface area contributed by atoms with Gasteiger partial charge in [-0.15, -0.1) is 0 Å². The molecule has 0 atom stereocenters. The molecular formula is C21H18BrN3O3. The lowest BCUT2D eigenvalue weighted by atomic mass is 9.97. The number of rotatable bonds is 5. The highest BCUT2D eigenvalue weighted by atomic mass is 79.9. The smallest absolute Gasteiger partial charge is 0.203 e. The minimum absolute atomic E-state index is 0.159. The molecule has 0 amide bonds. The van der Waals surface area contributed by atoms with Gasteiger partial charge in [0.1, 0.15) is 17.5 Å². The standard InChI is InChI=1S/C21H18BrN3O3/c1-26-18-8-13(9-19(27-2)20(18)28-3)15-10-17(25-21(24)16(15)11-23)12-4-6-14(22)7-5-12/h4-10H,1-3H3,(H2,24,25). The molecule has 6 nitrogen and oxygen atoms in total. The monoisotopic (exact) mass is 439 g/mol. The van der Waals surface area contributed by atoms with Crippen molar-refractivity contribution in [1.29, 1.82) is 5.26 Å². The highest BCUT2D eigenvalue weighted by Gasteiger charge is 2.18. The first-order chi connectivity index (χ1) is 13.5. The number of anilines is 1. The maximum Gasteiger partial charge on any atom is 0.203 e. The molecule has 0 aliphatic rings. The molecule has 2 N–H and O–H groups in total. The Labute approximate surface area is 171 Å². The number of methoxy groups -OCH3 is 3. The first-order valence-electron chi connectivity index (χ1n) is 8.29. The van der Waals surface area contributed by atoms with E-state index in [-0.39, 0.29) is 11.4 Å². The molecule has 0 bridgehead atoms. The van der Waals surface area contributed by atoms with Gasteiger partial charge in [-0.05, 0) is 35.9 Å². The van der Waals surface area contributed by atoms with Crippen molar-refractivity contribution < 1.29 is 14.2 Å². The van der Waals surface area contributed by atoms with Gasteiger partial charge in [-0.3, -0.25) is 0 Å². The third kappa shape index (κ3) is 3.59. The number of ether oxygens (including phenoxy) is 3. The molecule has 0 spiro atoms. The summed E-state index contributed by atoms with van der Waals surface area (Å²) in [5.41, 5.74) is 9.27. The molecular weight excluding hydrogens is 422 g/mol. The minimum Gasteiger partial charge on any atom is -0.493 e. The van der Waals surface area contributed by atoms with Crippen LogP contribution in [-0.4, -0.2) is 26.3 Å². The van der Waals surface area contributed by atoms with Crippen LogP contribution < -0.4 is 19.9 Å². The number of nitriles is 1. The van der Waals surface area contributed by atoms with Gasteiger partial charge in [-0.1, -0.05) is 28.1 Å². The molecule has 2 aromatic carbocycles. The third-order valence-electron chi connectivity index (χ3n) is 4.27. The van der Waals surface area contributed by atoms with Gasteiger partial charge in [0.05, 0.1) is 27.0 Å². The van der Waals surface area contributed by atoms with E-state index in [1.54, 1.807) is 26.4 Å². The Morgan fingerprint density at radius 3 is 2.04 bits per heavy atom.